The first-order valence-corrected chi connectivity index (χ1v) is 7.55. The molecular formula is C16H26N4O. The minimum atomic E-state index is 0.0511. The number of nitrogens with zero attached hydrogens (tertiary/aromatic N) is 2. The molecule has 5 nitrogen and oxygen atoms in total. The number of likely N-dealkylation sites (tertiary alicyclic amines) is 1. The van der Waals surface area contributed by atoms with Crippen LogP contribution in [0.3, 0.4) is 0 Å². The van der Waals surface area contributed by atoms with Crippen LogP contribution in [0.1, 0.15) is 12.8 Å². The summed E-state index contributed by atoms with van der Waals surface area (Å²) in [5.41, 5.74) is 7.12. The monoisotopic (exact) mass is 290 g/mol. The summed E-state index contributed by atoms with van der Waals surface area (Å²) in [4.78, 5) is 16.5. The number of rotatable bonds is 6. The number of benzene rings is 1. The highest BCUT2D eigenvalue weighted by Crippen LogP contribution is 2.15. The zero-order valence-corrected chi connectivity index (χ0v) is 13.0. The van der Waals surface area contributed by atoms with Crippen molar-refractivity contribution in [2.45, 2.75) is 12.8 Å². The second kappa shape index (κ2) is 7.43. The summed E-state index contributed by atoms with van der Waals surface area (Å²) in [7, 11) is 4.26. The molecule has 1 aliphatic heterocycles. The third-order valence-electron chi connectivity index (χ3n) is 3.97. The van der Waals surface area contributed by atoms with E-state index in [1.54, 1.807) is 12.1 Å². The van der Waals surface area contributed by atoms with E-state index in [1.165, 1.54) is 19.5 Å². The molecule has 1 aromatic carbocycles. The topological polar surface area (TPSA) is 61.6 Å². The smallest absolute Gasteiger partial charge is 0.225 e. The lowest BCUT2D eigenvalue weighted by Crippen LogP contribution is -2.30. The van der Waals surface area contributed by atoms with Crippen molar-refractivity contribution in [2.75, 3.05) is 51.3 Å². The third-order valence-corrected chi connectivity index (χ3v) is 3.97. The molecule has 0 aromatic heterocycles. The van der Waals surface area contributed by atoms with Gasteiger partial charge in [-0.25, -0.2) is 0 Å². The molecule has 2 rings (SSSR count). The van der Waals surface area contributed by atoms with E-state index >= 15 is 0 Å². The van der Waals surface area contributed by atoms with E-state index in [4.69, 9.17) is 5.73 Å². The Kier molecular flexibility index (Phi) is 5.59. The van der Waals surface area contributed by atoms with Gasteiger partial charge in [0.25, 0.3) is 0 Å². The molecule has 1 heterocycles. The first-order chi connectivity index (χ1) is 10.0. The van der Waals surface area contributed by atoms with Crippen LogP contribution in [0.25, 0.3) is 0 Å². The van der Waals surface area contributed by atoms with E-state index in [2.05, 4.69) is 29.2 Å². The van der Waals surface area contributed by atoms with E-state index in [0.717, 1.165) is 24.7 Å². The highest BCUT2D eigenvalue weighted by Gasteiger charge is 2.20. The van der Waals surface area contributed by atoms with Crippen LogP contribution in [0, 0.1) is 5.92 Å². The van der Waals surface area contributed by atoms with Gasteiger partial charge in [-0.15, -0.1) is 0 Å². The van der Waals surface area contributed by atoms with E-state index in [1.807, 2.05) is 12.1 Å². The van der Waals surface area contributed by atoms with E-state index < -0.39 is 0 Å². The van der Waals surface area contributed by atoms with E-state index in [0.29, 0.717) is 12.1 Å². The number of amides is 1. The predicted octanol–water partition coefficient (Wildman–Crippen LogP) is 1.48. The van der Waals surface area contributed by atoms with Crippen molar-refractivity contribution in [3.05, 3.63) is 24.3 Å². The van der Waals surface area contributed by atoms with Crippen molar-refractivity contribution in [2.24, 2.45) is 5.92 Å². The van der Waals surface area contributed by atoms with Gasteiger partial charge >= 0.3 is 0 Å². The Hall–Kier alpha value is -1.59. The zero-order chi connectivity index (χ0) is 15.2. The minimum absolute atomic E-state index is 0.0511. The minimum Gasteiger partial charge on any atom is -0.399 e. The molecular weight excluding hydrogens is 264 g/mol. The average Bonchev–Trinajstić information content (AvgIpc) is 2.84. The van der Waals surface area contributed by atoms with Crippen molar-refractivity contribution in [1.82, 2.24) is 9.80 Å². The molecule has 0 aliphatic carbocycles. The maximum absolute atomic E-state index is 11.9. The van der Waals surface area contributed by atoms with Crippen molar-refractivity contribution in [3.63, 3.8) is 0 Å². The molecule has 0 radical (unpaired) electrons. The first-order valence-electron chi connectivity index (χ1n) is 7.55. The Bertz CT molecular complexity index is 460. The van der Waals surface area contributed by atoms with Crippen LogP contribution >= 0.6 is 0 Å². The Morgan fingerprint density at radius 2 is 2.14 bits per heavy atom. The summed E-state index contributed by atoms with van der Waals surface area (Å²) >= 11 is 0. The van der Waals surface area contributed by atoms with Gasteiger partial charge in [0.05, 0.1) is 0 Å². The molecule has 0 bridgehead atoms. The lowest BCUT2D eigenvalue weighted by molar-refractivity contribution is -0.116. The van der Waals surface area contributed by atoms with Crippen LogP contribution < -0.4 is 11.1 Å². The summed E-state index contributed by atoms with van der Waals surface area (Å²) in [6.45, 7) is 4.22. The van der Waals surface area contributed by atoms with Crippen LogP contribution in [0.4, 0.5) is 11.4 Å². The van der Waals surface area contributed by atoms with Crippen molar-refractivity contribution in [1.29, 1.82) is 0 Å². The summed E-state index contributed by atoms with van der Waals surface area (Å²) in [6, 6.07) is 7.23. The molecule has 1 aromatic rings. The number of nitrogen functional groups attached to an aromatic ring is 1. The summed E-state index contributed by atoms with van der Waals surface area (Å²) in [6.07, 6.45) is 1.78. The first kappa shape index (κ1) is 15.8. The van der Waals surface area contributed by atoms with E-state index in [-0.39, 0.29) is 5.91 Å². The van der Waals surface area contributed by atoms with Gasteiger partial charge in [0.2, 0.25) is 5.91 Å². The maximum Gasteiger partial charge on any atom is 0.225 e. The van der Waals surface area contributed by atoms with Crippen LogP contribution in [-0.2, 0) is 4.79 Å². The Morgan fingerprint density at radius 3 is 2.76 bits per heavy atom. The zero-order valence-electron chi connectivity index (χ0n) is 13.0. The van der Waals surface area contributed by atoms with Crippen LogP contribution in [0.15, 0.2) is 24.3 Å². The van der Waals surface area contributed by atoms with Crippen LogP contribution in [-0.4, -0.2) is 56.0 Å². The molecule has 1 saturated heterocycles. The average molecular weight is 290 g/mol. The normalized spacial score (nSPS) is 19.1. The second-order valence-electron chi connectivity index (χ2n) is 6.10. The molecule has 5 heteroatoms. The van der Waals surface area contributed by atoms with Gasteiger partial charge in [-0.05, 0) is 57.2 Å². The largest absolute Gasteiger partial charge is 0.399 e. The quantitative estimate of drug-likeness (QED) is 0.779. The number of hydrogen-bond donors (Lipinski definition) is 2. The molecule has 21 heavy (non-hydrogen) atoms. The van der Waals surface area contributed by atoms with Crippen molar-refractivity contribution >= 4 is 17.3 Å². The van der Waals surface area contributed by atoms with Gasteiger partial charge in [0.1, 0.15) is 0 Å². The fourth-order valence-corrected chi connectivity index (χ4v) is 2.79. The standard InChI is InChI=1S/C16H26N4O/c1-19-9-7-13(11-19)12-20(2)10-8-16(21)18-15-5-3-14(17)4-6-15/h3-6,13H,7-12,17H2,1-2H3,(H,18,21). The summed E-state index contributed by atoms with van der Waals surface area (Å²) in [5, 5.41) is 2.90. The Labute approximate surface area is 127 Å². The van der Waals surface area contributed by atoms with Gasteiger partial charge in [0, 0.05) is 37.4 Å². The van der Waals surface area contributed by atoms with Crippen LogP contribution in [0.5, 0.6) is 0 Å². The van der Waals surface area contributed by atoms with E-state index in [9.17, 15) is 4.79 Å². The second-order valence-corrected chi connectivity index (χ2v) is 6.10. The highest BCUT2D eigenvalue weighted by molar-refractivity contribution is 5.90. The molecule has 1 unspecified atom stereocenters. The molecule has 1 atom stereocenters. The van der Waals surface area contributed by atoms with Gasteiger partial charge < -0.3 is 20.9 Å². The summed E-state index contributed by atoms with van der Waals surface area (Å²) in [5.74, 6) is 0.787. The lowest BCUT2D eigenvalue weighted by Gasteiger charge is -2.20. The summed E-state index contributed by atoms with van der Waals surface area (Å²) < 4.78 is 0. The number of carbonyl (C=O) groups is 1. The fourth-order valence-electron chi connectivity index (χ4n) is 2.79. The number of hydrogen-bond acceptors (Lipinski definition) is 4. The number of anilines is 2. The SMILES string of the molecule is CN(CCC(=O)Nc1ccc(N)cc1)CC1CCN(C)C1. The third kappa shape index (κ3) is 5.36. The molecule has 0 saturated carbocycles. The van der Waals surface area contributed by atoms with Crippen LogP contribution in [0.2, 0.25) is 0 Å². The molecule has 0 spiro atoms. The van der Waals surface area contributed by atoms with Gasteiger partial charge in [-0.3, -0.25) is 4.79 Å². The Morgan fingerprint density at radius 1 is 1.43 bits per heavy atom. The molecule has 1 aliphatic rings. The maximum atomic E-state index is 11.9. The Balaban J connectivity index is 1.67. The molecule has 3 N–H and O–H groups in total. The number of nitrogens with two attached hydrogens (primary N) is 1. The number of nitrogens with one attached hydrogen (secondary N) is 1. The number of carbonyl (C=O) groups excluding carboxylic acids is 1. The predicted molar refractivity (Wildman–Crippen MR) is 87.2 cm³/mol. The molecule has 116 valence electrons. The molecule has 1 fully saturated rings. The van der Waals surface area contributed by atoms with Gasteiger partial charge in [-0.1, -0.05) is 0 Å². The van der Waals surface area contributed by atoms with Crippen molar-refractivity contribution < 1.29 is 4.79 Å². The van der Waals surface area contributed by atoms with Gasteiger partial charge in [-0.2, -0.15) is 0 Å². The lowest BCUT2D eigenvalue weighted by atomic mass is 10.1. The van der Waals surface area contributed by atoms with Gasteiger partial charge in [0.15, 0.2) is 0 Å². The molecule has 1 amide bonds. The van der Waals surface area contributed by atoms with Crippen molar-refractivity contribution in [3.8, 4) is 0 Å². The fraction of sp³-hybridized carbons (Fsp3) is 0.562. The highest BCUT2D eigenvalue weighted by atomic mass is 16.1.